The summed E-state index contributed by atoms with van der Waals surface area (Å²) in [6, 6.07) is 0.146. The number of likely N-dealkylation sites (N-methyl/N-ethyl adjacent to an activating group) is 1. The summed E-state index contributed by atoms with van der Waals surface area (Å²) in [6.45, 7) is 4.07. The van der Waals surface area contributed by atoms with Crippen LogP contribution in [0.15, 0.2) is 0 Å². The standard InChI is InChI=1S/C16H28N2O/c1-9(2)14(17)16(19)18(3)15-12-5-10-4-11(7-12)8-13(15)6-10/h9-15H,4-8,17H2,1-3H3/t10?,11?,12?,13?,14-,15?/m1/s1. The van der Waals surface area contributed by atoms with E-state index in [9.17, 15) is 4.79 Å². The van der Waals surface area contributed by atoms with Crippen LogP contribution >= 0.6 is 0 Å². The number of carbonyl (C=O) groups is 1. The molecule has 0 aromatic heterocycles. The van der Waals surface area contributed by atoms with E-state index in [-0.39, 0.29) is 17.9 Å². The highest BCUT2D eigenvalue weighted by Gasteiger charge is 2.50. The highest BCUT2D eigenvalue weighted by molar-refractivity contribution is 5.82. The van der Waals surface area contributed by atoms with Gasteiger partial charge in [-0.25, -0.2) is 0 Å². The van der Waals surface area contributed by atoms with Gasteiger partial charge in [0.1, 0.15) is 0 Å². The van der Waals surface area contributed by atoms with Crippen molar-refractivity contribution < 1.29 is 4.79 Å². The van der Waals surface area contributed by atoms with Crippen molar-refractivity contribution in [3.63, 3.8) is 0 Å². The molecule has 0 heterocycles. The van der Waals surface area contributed by atoms with E-state index in [2.05, 4.69) is 0 Å². The van der Waals surface area contributed by atoms with Crippen molar-refractivity contribution in [3.05, 3.63) is 0 Å². The van der Waals surface area contributed by atoms with E-state index in [1.54, 1.807) is 0 Å². The Labute approximate surface area is 116 Å². The monoisotopic (exact) mass is 264 g/mol. The number of hydrogen-bond acceptors (Lipinski definition) is 2. The lowest BCUT2D eigenvalue weighted by Crippen LogP contribution is -2.59. The third-order valence-electron chi connectivity index (χ3n) is 5.98. The van der Waals surface area contributed by atoms with Crippen LogP contribution in [-0.2, 0) is 4.79 Å². The second kappa shape index (κ2) is 4.76. The van der Waals surface area contributed by atoms with E-state index >= 15 is 0 Å². The van der Waals surface area contributed by atoms with Crippen LogP contribution in [0.3, 0.4) is 0 Å². The van der Waals surface area contributed by atoms with Gasteiger partial charge in [-0.15, -0.1) is 0 Å². The lowest BCUT2D eigenvalue weighted by molar-refractivity contribution is -0.143. The SMILES string of the molecule is CC(C)[C@@H](N)C(=O)N(C)C1C2CC3CC(C2)CC1C3. The van der Waals surface area contributed by atoms with Gasteiger partial charge in [0.05, 0.1) is 6.04 Å². The number of nitrogens with two attached hydrogens (primary N) is 1. The van der Waals surface area contributed by atoms with Crippen LogP contribution in [-0.4, -0.2) is 29.9 Å². The molecular formula is C16H28N2O. The first-order chi connectivity index (χ1) is 8.97. The molecule has 4 aliphatic rings. The molecule has 0 spiro atoms. The van der Waals surface area contributed by atoms with Crippen LogP contribution in [0.4, 0.5) is 0 Å². The molecule has 4 bridgehead atoms. The molecule has 4 aliphatic carbocycles. The predicted molar refractivity (Wildman–Crippen MR) is 76.4 cm³/mol. The molecular weight excluding hydrogens is 236 g/mol. The zero-order chi connectivity index (χ0) is 13.7. The van der Waals surface area contributed by atoms with Crippen molar-refractivity contribution in [2.24, 2.45) is 35.3 Å². The Morgan fingerprint density at radius 2 is 1.53 bits per heavy atom. The zero-order valence-electron chi connectivity index (χ0n) is 12.5. The first-order valence-electron chi connectivity index (χ1n) is 7.99. The molecule has 0 unspecified atom stereocenters. The topological polar surface area (TPSA) is 46.3 Å². The number of carbonyl (C=O) groups excluding carboxylic acids is 1. The first-order valence-corrected chi connectivity index (χ1v) is 7.99. The molecule has 1 atom stereocenters. The van der Waals surface area contributed by atoms with Crippen LogP contribution < -0.4 is 5.73 Å². The smallest absolute Gasteiger partial charge is 0.239 e. The van der Waals surface area contributed by atoms with Crippen LogP contribution in [0.2, 0.25) is 0 Å². The van der Waals surface area contributed by atoms with Gasteiger partial charge in [0.15, 0.2) is 0 Å². The Kier molecular flexibility index (Phi) is 3.36. The Hall–Kier alpha value is -0.570. The maximum absolute atomic E-state index is 12.5. The summed E-state index contributed by atoms with van der Waals surface area (Å²) < 4.78 is 0. The molecule has 3 nitrogen and oxygen atoms in total. The average Bonchev–Trinajstić information content (AvgIpc) is 2.35. The summed E-state index contributed by atoms with van der Waals surface area (Å²) in [7, 11) is 2.00. The first kappa shape index (κ1) is 13.4. The fraction of sp³-hybridized carbons (Fsp3) is 0.938. The summed E-state index contributed by atoms with van der Waals surface area (Å²) >= 11 is 0. The second-order valence-electron chi connectivity index (χ2n) is 7.64. The summed E-state index contributed by atoms with van der Waals surface area (Å²) in [4.78, 5) is 14.5. The molecule has 4 fully saturated rings. The lowest BCUT2D eigenvalue weighted by atomic mass is 9.54. The molecule has 4 rings (SSSR count). The third kappa shape index (κ3) is 2.20. The van der Waals surface area contributed by atoms with Gasteiger partial charge in [-0.2, -0.15) is 0 Å². The molecule has 0 radical (unpaired) electrons. The second-order valence-corrected chi connectivity index (χ2v) is 7.64. The van der Waals surface area contributed by atoms with Gasteiger partial charge >= 0.3 is 0 Å². The minimum atomic E-state index is -0.331. The van der Waals surface area contributed by atoms with E-state index in [1.165, 1.54) is 32.1 Å². The van der Waals surface area contributed by atoms with Gasteiger partial charge in [-0.1, -0.05) is 13.8 Å². The number of hydrogen-bond donors (Lipinski definition) is 1. The van der Waals surface area contributed by atoms with Gasteiger partial charge < -0.3 is 10.6 Å². The molecule has 0 aromatic rings. The maximum atomic E-state index is 12.5. The van der Waals surface area contributed by atoms with Crippen LogP contribution in [0.5, 0.6) is 0 Å². The summed E-state index contributed by atoms with van der Waals surface area (Å²) in [5.41, 5.74) is 6.06. The lowest BCUT2D eigenvalue weighted by Gasteiger charge is -2.56. The van der Waals surface area contributed by atoms with E-state index < -0.39 is 0 Å². The molecule has 0 aromatic carbocycles. The molecule has 3 heteroatoms. The Balaban J connectivity index is 1.73. The molecule has 4 saturated carbocycles. The van der Waals surface area contributed by atoms with Crippen LogP contribution in [0.1, 0.15) is 46.0 Å². The highest BCUT2D eigenvalue weighted by Crippen LogP contribution is 2.54. The molecule has 0 aliphatic heterocycles. The van der Waals surface area contributed by atoms with Crippen LogP contribution in [0.25, 0.3) is 0 Å². The zero-order valence-corrected chi connectivity index (χ0v) is 12.5. The van der Waals surface area contributed by atoms with E-state index in [0.29, 0.717) is 6.04 Å². The van der Waals surface area contributed by atoms with Crippen LogP contribution in [0, 0.1) is 29.6 Å². The van der Waals surface area contributed by atoms with Gasteiger partial charge in [0, 0.05) is 13.1 Å². The Morgan fingerprint density at radius 1 is 1.05 bits per heavy atom. The highest BCUT2D eigenvalue weighted by atomic mass is 16.2. The van der Waals surface area contributed by atoms with E-state index in [4.69, 9.17) is 5.73 Å². The third-order valence-corrected chi connectivity index (χ3v) is 5.98. The summed E-state index contributed by atoms with van der Waals surface area (Å²) in [5, 5.41) is 0. The molecule has 0 saturated heterocycles. The molecule has 2 N–H and O–H groups in total. The maximum Gasteiger partial charge on any atom is 0.239 e. The van der Waals surface area contributed by atoms with Gasteiger partial charge in [0.25, 0.3) is 0 Å². The fourth-order valence-corrected chi connectivity index (χ4v) is 5.20. The fourth-order valence-electron chi connectivity index (χ4n) is 5.20. The molecule has 1 amide bonds. The van der Waals surface area contributed by atoms with Crippen molar-refractivity contribution in [3.8, 4) is 0 Å². The van der Waals surface area contributed by atoms with Gasteiger partial charge in [-0.3, -0.25) is 4.79 Å². The minimum absolute atomic E-state index is 0.160. The normalized spacial score (nSPS) is 41.6. The van der Waals surface area contributed by atoms with Crippen molar-refractivity contribution in [2.45, 2.75) is 58.0 Å². The number of amides is 1. The predicted octanol–water partition coefficient (Wildman–Crippen LogP) is 2.25. The molecule has 108 valence electrons. The Bertz CT molecular complexity index is 338. The van der Waals surface area contributed by atoms with Crippen molar-refractivity contribution in [1.82, 2.24) is 4.90 Å². The van der Waals surface area contributed by atoms with Crippen molar-refractivity contribution >= 4 is 5.91 Å². The summed E-state index contributed by atoms with van der Waals surface area (Å²) in [6.07, 6.45) is 6.87. The average molecular weight is 264 g/mol. The van der Waals surface area contributed by atoms with Gasteiger partial charge in [0.2, 0.25) is 5.91 Å². The van der Waals surface area contributed by atoms with E-state index in [1.807, 2.05) is 25.8 Å². The van der Waals surface area contributed by atoms with Crippen molar-refractivity contribution in [1.29, 1.82) is 0 Å². The largest absolute Gasteiger partial charge is 0.341 e. The quantitative estimate of drug-likeness (QED) is 0.850. The van der Waals surface area contributed by atoms with Gasteiger partial charge in [-0.05, 0) is 61.7 Å². The number of nitrogens with zero attached hydrogens (tertiary/aromatic N) is 1. The van der Waals surface area contributed by atoms with E-state index in [0.717, 1.165) is 23.7 Å². The Morgan fingerprint density at radius 3 is 1.95 bits per heavy atom. The summed E-state index contributed by atoms with van der Waals surface area (Å²) in [5.74, 6) is 3.82. The van der Waals surface area contributed by atoms with Crippen molar-refractivity contribution in [2.75, 3.05) is 7.05 Å². The number of rotatable bonds is 3. The minimum Gasteiger partial charge on any atom is -0.341 e. The molecule has 19 heavy (non-hydrogen) atoms.